The third-order valence-electron chi connectivity index (χ3n) is 6.04. The van der Waals surface area contributed by atoms with Crippen LogP contribution in [-0.2, 0) is 6.54 Å². The molecule has 1 atom stereocenters. The van der Waals surface area contributed by atoms with Crippen LogP contribution in [0.3, 0.4) is 0 Å². The molecule has 142 valence electrons. The summed E-state index contributed by atoms with van der Waals surface area (Å²) in [4.78, 5) is 18.2. The Morgan fingerprint density at radius 3 is 2.93 bits per heavy atom. The van der Waals surface area contributed by atoms with Crippen LogP contribution in [0.2, 0.25) is 0 Å². The van der Waals surface area contributed by atoms with Gasteiger partial charge in [0.25, 0.3) is 0 Å². The highest BCUT2D eigenvalue weighted by atomic mass is 15.2. The van der Waals surface area contributed by atoms with Gasteiger partial charge in [0.05, 0.1) is 17.7 Å². The maximum Gasteiger partial charge on any atom is 0.0925 e. The van der Waals surface area contributed by atoms with Crippen molar-refractivity contribution >= 4 is 10.9 Å². The third-order valence-corrected chi connectivity index (χ3v) is 6.04. The van der Waals surface area contributed by atoms with E-state index in [0.29, 0.717) is 5.92 Å². The minimum absolute atomic E-state index is 0.549. The molecule has 5 rings (SSSR count). The smallest absolute Gasteiger partial charge is 0.0925 e. The molecular formula is C23H25N5. The molecule has 4 aromatic rings. The zero-order valence-electron chi connectivity index (χ0n) is 16.4. The number of H-pyrrole nitrogens is 2. The van der Waals surface area contributed by atoms with Gasteiger partial charge in [-0.05, 0) is 56.0 Å². The number of imidazole rings is 1. The number of aryl methyl sites for hydroxylation is 2. The Morgan fingerprint density at radius 2 is 2.07 bits per heavy atom. The third kappa shape index (κ3) is 3.02. The van der Waals surface area contributed by atoms with Gasteiger partial charge in [-0.3, -0.25) is 9.88 Å². The molecule has 0 saturated carbocycles. The van der Waals surface area contributed by atoms with E-state index in [-0.39, 0.29) is 0 Å². The molecule has 28 heavy (non-hydrogen) atoms. The average molecular weight is 371 g/mol. The normalized spacial score (nSPS) is 17.6. The van der Waals surface area contributed by atoms with Gasteiger partial charge in [-0.15, -0.1) is 0 Å². The van der Waals surface area contributed by atoms with E-state index >= 15 is 0 Å². The summed E-state index contributed by atoms with van der Waals surface area (Å²) in [5.41, 5.74) is 8.41. The van der Waals surface area contributed by atoms with Crippen LogP contribution in [0.25, 0.3) is 22.2 Å². The van der Waals surface area contributed by atoms with Gasteiger partial charge in [-0.1, -0.05) is 18.2 Å². The monoisotopic (exact) mass is 371 g/mol. The van der Waals surface area contributed by atoms with Crippen molar-refractivity contribution < 1.29 is 0 Å². The second-order valence-electron chi connectivity index (χ2n) is 7.87. The number of hydrogen-bond acceptors (Lipinski definition) is 3. The van der Waals surface area contributed by atoms with Gasteiger partial charge in [0, 0.05) is 47.6 Å². The van der Waals surface area contributed by atoms with Gasteiger partial charge in [0.1, 0.15) is 0 Å². The van der Waals surface area contributed by atoms with Crippen molar-refractivity contribution in [3.63, 3.8) is 0 Å². The predicted octanol–water partition coefficient (Wildman–Crippen LogP) is 4.56. The van der Waals surface area contributed by atoms with Crippen molar-refractivity contribution in [2.24, 2.45) is 0 Å². The number of nitrogens with zero attached hydrogens (tertiary/aromatic N) is 3. The van der Waals surface area contributed by atoms with Crippen LogP contribution in [0.5, 0.6) is 0 Å². The summed E-state index contributed by atoms with van der Waals surface area (Å²) in [7, 11) is 0. The van der Waals surface area contributed by atoms with E-state index in [4.69, 9.17) is 0 Å². The number of aromatic nitrogens is 4. The molecule has 0 amide bonds. The Labute approximate surface area is 164 Å². The van der Waals surface area contributed by atoms with E-state index < -0.39 is 0 Å². The standard InChI is InChI=1S/C23H25N5/c1-15-4-3-5-19-20(11-25-23(15)19)21-10-17(6-8-24-21)18-7-9-28(12-18)13-22-16(2)26-14-27-22/h3-6,8,10-11,14,18,25H,7,9,12-13H2,1-2H3,(H,26,27)/t18-/m1/s1. The molecule has 4 heterocycles. The number of hydrogen-bond donors (Lipinski definition) is 2. The van der Waals surface area contributed by atoms with Gasteiger partial charge in [0.15, 0.2) is 0 Å². The second kappa shape index (κ2) is 6.91. The molecule has 1 aliphatic rings. The van der Waals surface area contributed by atoms with Crippen molar-refractivity contribution in [2.45, 2.75) is 32.7 Å². The maximum absolute atomic E-state index is 4.68. The largest absolute Gasteiger partial charge is 0.360 e. The lowest BCUT2D eigenvalue weighted by Crippen LogP contribution is -2.20. The lowest BCUT2D eigenvalue weighted by molar-refractivity contribution is 0.322. The fourth-order valence-corrected chi connectivity index (χ4v) is 4.37. The van der Waals surface area contributed by atoms with Crippen molar-refractivity contribution in [1.82, 2.24) is 24.8 Å². The maximum atomic E-state index is 4.68. The SMILES string of the molecule is Cc1[nH]cnc1CN1CC[C@@H](c2ccnc(-c3c[nH]c4c(C)cccc34)c2)C1. The molecule has 0 aliphatic carbocycles. The topological polar surface area (TPSA) is 60.6 Å². The highest BCUT2D eigenvalue weighted by Crippen LogP contribution is 2.33. The van der Waals surface area contributed by atoms with Crippen LogP contribution in [0.1, 0.15) is 34.9 Å². The number of pyridine rings is 1. The lowest BCUT2D eigenvalue weighted by atomic mass is 9.97. The molecular weight excluding hydrogens is 346 g/mol. The molecule has 1 saturated heterocycles. The molecule has 1 aliphatic heterocycles. The van der Waals surface area contributed by atoms with E-state index in [0.717, 1.165) is 31.0 Å². The Kier molecular flexibility index (Phi) is 4.24. The van der Waals surface area contributed by atoms with Crippen molar-refractivity contribution in [3.05, 3.63) is 71.6 Å². The Bertz CT molecular complexity index is 1120. The van der Waals surface area contributed by atoms with Crippen LogP contribution < -0.4 is 0 Å². The van der Waals surface area contributed by atoms with Gasteiger partial charge >= 0.3 is 0 Å². The number of nitrogens with one attached hydrogen (secondary N) is 2. The Morgan fingerprint density at radius 1 is 1.14 bits per heavy atom. The summed E-state index contributed by atoms with van der Waals surface area (Å²) in [5, 5.41) is 1.24. The van der Waals surface area contributed by atoms with Gasteiger partial charge < -0.3 is 9.97 Å². The summed E-state index contributed by atoms with van der Waals surface area (Å²) in [6, 6.07) is 10.9. The minimum Gasteiger partial charge on any atom is -0.360 e. The average Bonchev–Trinajstić information content (AvgIpc) is 3.43. The molecule has 0 radical (unpaired) electrons. The number of benzene rings is 1. The van der Waals surface area contributed by atoms with E-state index in [9.17, 15) is 0 Å². The fraction of sp³-hybridized carbons (Fsp3) is 0.304. The molecule has 5 heteroatoms. The quantitative estimate of drug-likeness (QED) is 0.553. The highest BCUT2D eigenvalue weighted by Gasteiger charge is 2.25. The summed E-state index contributed by atoms with van der Waals surface area (Å²) >= 11 is 0. The van der Waals surface area contributed by atoms with Crippen LogP contribution in [0.15, 0.2) is 49.1 Å². The molecule has 1 fully saturated rings. The first-order valence-electron chi connectivity index (χ1n) is 9.93. The summed E-state index contributed by atoms with van der Waals surface area (Å²) in [6.45, 7) is 7.34. The highest BCUT2D eigenvalue weighted by molar-refractivity contribution is 5.96. The first-order chi connectivity index (χ1) is 13.7. The van der Waals surface area contributed by atoms with E-state index in [2.05, 4.69) is 75.2 Å². The summed E-state index contributed by atoms with van der Waals surface area (Å²) in [6.07, 6.45) is 7.01. The first-order valence-corrected chi connectivity index (χ1v) is 9.93. The molecule has 0 spiro atoms. The van der Waals surface area contributed by atoms with Gasteiger partial charge in [0.2, 0.25) is 0 Å². The van der Waals surface area contributed by atoms with Crippen molar-refractivity contribution in [1.29, 1.82) is 0 Å². The number of rotatable bonds is 4. The molecule has 5 nitrogen and oxygen atoms in total. The number of aromatic amines is 2. The van der Waals surface area contributed by atoms with Gasteiger partial charge in [-0.25, -0.2) is 4.98 Å². The first kappa shape index (κ1) is 17.2. The van der Waals surface area contributed by atoms with E-state index in [1.54, 1.807) is 6.33 Å². The zero-order valence-corrected chi connectivity index (χ0v) is 16.4. The predicted molar refractivity (Wildman–Crippen MR) is 112 cm³/mol. The van der Waals surface area contributed by atoms with Crippen LogP contribution in [0, 0.1) is 13.8 Å². The summed E-state index contributed by atoms with van der Waals surface area (Å²) < 4.78 is 0. The minimum atomic E-state index is 0.549. The second-order valence-corrected chi connectivity index (χ2v) is 7.87. The molecule has 0 unspecified atom stereocenters. The Hall–Kier alpha value is -2.92. The van der Waals surface area contributed by atoms with E-state index in [1.165, 1.54) is 39.7 Å². The van der Waals surface area contributed by atoms with Crippen molar-refractivity contribution in [3.8, 4) is 11.3 Å². The van der Waals surface area contributed by atoms with Crippen LogP contribution in [0.4, 0.5) is 0 Å². The Balaban J connectivity index is 1.39. The molecule has 2 N–H and O–H groups in total. The van der Waals surface area contributed by atoms with Gasteiger partial charge in [-0.2, -0.15) is 0 Å². The molecule has 3 aromatic heterocycles. The lowest BCUT2D eigenvalue weighted by Gasteiger charge is -2.15. The zero-order chi connectivity index (χ0) is 19.1. The van der Waals surface area contributed by atoms with Crippen molar-refractivity contribution in [2.75, 3.05) is 13.1 Å². The fourth-order valence-electron chi connectivity index (χ4n) is 4.37. The number of fused-ring (bicyclic) bond motifs is 1. The number of likely N-dealkylation sites (tertiary alicyclic amines) is 1. The molecule has 0 bridgehead atoms. The summed E-state index contributed by atoms with van der Waals surface area (Å²) in [5.74, 6) is 0.549. The number of para-hydroxylation sites is 1. The van der Waals surface area contributed by atoms with Crippen LogP contribution >= 0.6 is 0 Å². The van der Waals surface area contributed by atoms with Crippen LogP contribution in [-0.4, -0.2) is 37.9 Å². The molecule has 1 aromatic carbocycles. The van der Waals surface area contributed by atoms with E-state index in [1.807, 2.05) is 6.20 Å².